The normalized spacial score (nSPS) is 19.1. The van der Waals surface area contributed by atoms with Crippen molar-refractivity contribution in [3.63, 3.8) is 0 Å². The van der Waals surface area contributed by atoms with E-state index in [0.29, 0.717) is 10.9 Å². The van der Waals surface area contributed by atoms with Crippen LogP contribution in [0, 0.1) is 11.7 Å². The lowest BCUT2D eigenvalue weighted by atomic mass is 9.92. The van der Waals surface area contributed by atoms with E-state index in [-0.39, 0.29) is 12.4 Å². The molecule has 1 aliphatic rings. The molecule has 0 aliphatic heterocycles. The predicted octanol–water partition coefficient (Wildman–Crippen LogP) is 2.69. The van der Waals surface area contributed by atoms with Crippen LogP contribution in [0.2, 0.25) is 5.02 Å². The van der Waals surface area contributed by atoms with Crippen molar-refractivity contribution in [2.45, 2.75) is 25.3 Å². The molecule has 0 aromatic heterocycles. The number of aliphatic hydroxyl groups is 1. The lowest BCUT2D eigenvalue weighted by Crippen LogP contribution is -2.44. The van der Waals surface area contributed by atoms with Crippen LogP contribution in [0.25, 0.3) is 0 Å². The van der Waals surface area contributed by atoms with Crippen LogP contribution in [0.4, 0.5) is 4.39 Å². The van der Waals surface area contributed by atoms with Gasteiger partial charge in [0.2, 0.25) is 0 Å². The fourth-order valence-corrected chi connectivity index (χ4v) is 2.24. The highest BCUT2D eigenvalue weighted by Crippen LogP contribution is 2.32. The summed E-state index contributed by atoms with van der Waals surface area (Å²) in [5.41, 5.74) is 0.136. The summed E-state index contributed by atoms with van der Waals surface area (Å²) in [4.78, 5) is 0. The Bertz CT molecular complexity index is 408. The molecule has 1 atom stereocenters. The zero-order chi connectivity index (χ0) is 12.5. The summed E-state index contributed by atoms with van der Waals surface area (Å²) in [6.45, 7) is 2.68. The maximum absolute atomic E-state index is 13.0. The molecule has 0 amide bonds. The van der Waals surface area contributed by atoms with Crippen LogP contribution < -0.4 is 5.32 Å². The standard InChI is InChI=1S/C13H17ClFNO/c1-13(8-17,16-7-9-2-3-9)11-5-4-10(15)6-12(11)14/h4-6,9,16-17H,2-3,7-8H2,1H3. The molecule has 1 unspecified atom stereocenters. The average molecular weight is 258 g/mol. The molecule has 1 aromatic rings. The fraction of sp³-hybridized carbons (Fsp3) is 0.538. The number of nitrogens with one attached hydrogen (secondary N) is 1. The second-order valence-electron chi connectivity index (χ2n) is 4.94. The second-order valence-corrected chi connectivity index (χ2v) is 5.35. The number of hydrogen-bond acceptors (Lipinski definition) is 2. The van der Waals surface area contributed by atoms with Crippen molar-refractivity contribution < 1.29 is 9.50 Å². The Morgan fingerprint density at radius 2 is 2.24 bits per heavy atom. The first-order valence-electron chi connectivity index (χ1n) is 5.86. The Hall–Kier alpha value is -0.640. The summed E-state index contributed by atoms with van der Waals surface area (Å²) in [5.74, 6) is 0.348. The Balaban J connectivity index is 2.18. The molecule has 1 aliphatic carbocycles. The van der Waals surface area contributed by atoms with Crippen LogP contribution >= 0.6 is 11.6 Å². The summed E-state index contributed by atoms with van der Waals surface area (Å²) in [5, 5.41) is 13.2. The zero-order valence-electron chi connectivity index (χ0n) is 9.84. The van der Waals surface area contributed by atoms with Crippen LogP contribution in [-0.4, -0.2) is 18.3 Å². The van der Waals surface area contributed by atoms with E-state index in [1.807, 2.05) is 6.92 Å². The van der Waals surface area contributed by atoms with Gasteiger partial charge in [0, 0.05) is 5.02 Å². The van der Waals surface area contributed by atoms with E-state index in [4.69, 9.17) is 11.6 Å². The van der Waals surface area contributed by atoms with Crippen molar-refractivity contribution in [2.75, 3.05) is 13.2 Å². The van der Waals surface area contributed by atoms with E-state index in [9.17, 15) is 9.50 Å². The molecule has 2 N–H and O–H groups in total. The molecule has 94 valence electrons. The molecule has 0 radical (unpaired) electrons. The first-order valence-corrected chi connectivity index (χ1v) is 6.24. The van der Waals surface area contributed by atoms with Crippen LogP contribution in [-0.2, 0) is 5.54 Å². The first-order chi connectivity index (χ1) is 8.05. The third kappa shape index (κ3) is 2.97. The summed E-state index contributed by atoms with van der Waals surface area (Å²) >= 11 is 6.03. The summed E-state index contributed by atoms with van der Waals surface area (Å²) in [7, 11) is 0. The number of rotatable bonds is 5. The van der Waals surface area contributed by atoms with Crippen molar-refractivity contribution in [1.82, 2.24) is 5.32 Å². The smallest absolute Gasteiger partial charge is 0.124 e. The van der Waals surface area contributed by atoms with Gasteiger partial charge in [-0.25, -0.2) is 4.39 Å². The predicted molar refractivity (Wildman–Crippen MR) is 66.6 cm³/mol. The summed E-state index contributed by atoms with van der Waals surface area (Å²) in [6.07, 6.45) is 2.48. The van der Waals surface area contributed by atoms with Crippen LogP contribution in [0.15, 0.2) is 18.2 Å². The maximum Gasteiger partial charge on any atom is 0.124 e. The highest BCUT2D eigenvalue weighted by atomic mass is 35.5. The summed E-state index contributed by atoms with van der Waals surface area (Å²) in [6, 6.07) is 4.28. The molecule has 0 bridgehead atoms. The van der Waals surface area contributed by atoms with E-state index in [0.717, 1.165) is 12.1 Å². The largest absolute Gasteiger partial charge is 0.394 e. The third-order valence-corrected chi connectivity index (χ3v) is 3.63. The van der Waals surface area contributed by atoms with Gasteiger partial charge < -0.3 is 10.4 Å². The Morgan fingerprint density at radius 1 is 1.53 bits per heavy atom. The molecule has 0 saturated heterocycles. The molecule has 2 rings (SSSR count). The molecule has 17 heavy (non-hydrogen) atoms. The SMILES string of the molecule is CC(CO)(NCC1CC1)c1ccc(F)cc1Cl. The molecule has 1 saturated carbocycles. The van der Waals surface area contributed by atoms with Gasteiger partial charge in [-0.1, -0.05) is 17.7 Å². The van der Waals surface area contributed by atoms with Gasteiger partial charge >= 0.3 is 0 Å². The second kappa shape index (κ2) is 4.92. The third-order valence-electron chi connectivity index (χ3n) is 3.32. The lowest BCUT2D eigenvalue weighted by molar-refractivity contribution is 0.174. The van der Waals surface area contributed by atoms with E-state index in [1.54, 1.807) is 6.07 Å². The van der Waals surface area contributed by atoms with Gasteiger partial charge in [-0.05, 0) is 49.9 Å². The summed E-state index contributed by atoms with van der Waals surface area (Å²) < 4.78 is 13.0. The monoisotopic (exact) mass is 257 g/mol. The minimum absolute atomic E-state index is 0.0644. The van der Waals surface area contributed by atoms with Crippen molar-refractivity contribution in [2.24, 2.45) is 5.92 Å². The quantitative estimate of drug-likeness (QED) is 0.850. The number of aliphatic hydroxyl groups excluding tert-OH is 1. The molecular weight excluding hydrogens is 241 g/mol. The molecule has 0 spiro atoms. The first kappa shape index (κ1) is 12.8. The lowest BCUT2D eigenvalue weighted by Gasteiger charge is -2.30. The van der Waals surface area contributed by atoms with Crippen molar-refractivity contribution in [3.05, 3.63) is 34.6 Å². The van der Waals surface area contributed by atoms with Gasteiger partial charge in [-0.2, -0.15) is 0 Å². The maximum atomic E-state index is 13.0. The van der Waals surface area contributed by atoms with Crippen LogP contribution in [0.1, 0.15) is 25.3 Å². The van der Waals surface area contributed by atoms with Crippen LogP contribution in [0.5, 0.6) is 0 Å². The van der Waals surface area contributed by atoms with Crippen molar-refractivity contribution in [3.8, 4) is 0 Å². The molecule has 2 nitrogen and oxygen atoms in total. The van der Waals surface area contributed by atoms with Gasteiger partial charge in [0.15, 0.2) is 0 Å². The molecule has 1 aromatic carbocycles. The van der Waals surface area contributed by atoms with Crippen molar-refractivity contribution >= 4 is 11.6 Å². The Labute approximate surface area is 106 Å². The van der Waals surface area contributed by atoms with Gasteiger partial charge in [-0.15, -0.1) is 0 Å². The Morgan fingerprint density at radius 3 is 2.76 bits per heavy atom. The Kier molecular flexibility index (Phi) is 3.71. The average Bonchev–Trinajstić information content (AvgIpc) is 3.09. The van der Waals surface area contributed by atoms with E-state index in [2.05, 4.69) is 5.32 Å². The topological polar surface area (TPSA) is 32.3 Å². The number of benzene rings is 1. The number of halogens is 2. The van der Waals surface area contributed by atoms with E-state index in [1.165, 1.54) is 25.0 Å². The van der Waals surface area contributed by atoms with Crippen LogP contribution in [0.3, 0.4) is 0 Å². The molecular formula is C13H17ClFNO. The highest BCUT2D eigenvalue weighted by molar-refractivity contribution is 6.31. The van der Waals surface area contributed by atoms with E-state index < -0.39 is 5.54 Å². The number of hydrogen-bond donors (Lipinski definition) is 2. The van der Waals surface area contributed by atoms with E-state index >= 15 is 0 Å². The fourth-order valence-electron chi connectivity index (χ4n) is 1.86. The molecule has 1 fully saturated rings. The van der Waals surface area contributed by atoms with Gasteiger partial charge in [0.05, 0.1) is 12.1 Å². The van der Waals surface area contributed by atoms with Gasteiger partial charge in [-0.3, -0.25) is 0 Å². The van der Waals surface area contributed by atoms with Gasteiger partial charge in [0.25, 0.3) is 0 Å². The highest BCUT2D eigenvalue weighted by Gasteiger charge is 2.31. The molecule has 4 heteroatoms. The molecule has 0 heterocycles. The van der Waals surface area contributed by atoms with Crippen molar-refractivity contribution in [1.29, 1.82) is 0 Å². The minimum atomic E-state index is -0.604. The van der Waals surface area contributed by atoms with Gasteiger partial charge in [0.1, 0.15) is 5.82 Å². The zero-order valence-corrected chi connectivity index (χ0v) is 10.6. The minimum Gasteiger partial charge on any atom is -0.394 e.